The lowest BCUT2D eigenvalue weighted by molar-refractivity contribution is 0.0608. The third-order valence-electron chi connectivity index (χ3n) is 3.50. The molecule has 0 radical (unpaired) electrons. The second kappa shape index (κ2) is 6.74. The number of hydrogen-bond acceptors (Lipinski definition) is 3. The third-order valence-corrected chi connectivity index (χ3v) is 4.34. The van der Waals surface area contributed by atoms with E-state index in [1.54, 1.807) is 0 Å². The van der Waals surface area contributed by atoms with Crippen molar-refractivity contribution in [3.63, 3.8) is 0 Å². The number of rotatable bonds is 2. The number of hydrogen-bond donors (Lipinski definition) is 1. The minimum Gasteiger partial charge on any atom is -0.384 e. The Morgan fingerprint density at radius 2 is 2.42 bits per heavy atom. The van der Waals surface area contributed by atoms with Gasteiger partial charge in [0.2, 0.25) is 0 Å². The Bertz CT molecular complexity index is 498. The average Bonchev–Trinajstić information content (AvgIpc) is 2.93. The molecule has 102 valence electrons. The van der Waals surface area contributed by atoms with E-state index in [1.807, 2.05) is 16.3 Å². The Labute approximate surface area is 118 Å². The molecule has 1 fully saturated rings. The number of carbonyl (C=O) groups is 1. The molecule has 2 rings (SSSR count). The summed E-state index contributed by atoms with van der Waals surface area (Å²) in [5.74, 6) is 5.58. The molecule has 1 aliphatic rings. The van der Waals surface area contributed by atoms with Gasteiger partial charge in [0.25, 0.3) is 5.91 Å². The lowest BCUT2D eigenvalue weighted by Gasteiger charge is -2.35. The van der Waals surface area contributed by atoms with Gasteiger partial charge in [-0.25, -0.2) is 0 Å². The minimum absolute atomic E-state index is 0.125. The van der Waals surface area contributed by atoms with Gasteiger partial charge in [0.1, 0.15) is 6.61 Å². The first kappa shape index (κ1) is 14.1. The molecule has 1 aliphatic heterocycles. The second-order valence-electron chi connectivity index (χ2n) is 4.72. The van der Waals surface area contributed by atoms with Crippen molar-refractivity contribution in [1.82, 2.24) is 4.90 Å². The summed E-state index contributed by atoms with van der Waals surface area (Å²) in [6.45, 7) is 2.86. The van der Waals surface area contributed by atoms with Gasteiger partial charge in [-0.3, -0.25) is 4.79 Å². The van der Waals surface area contributed by atoms with Crippen LogP contribution in [-0.4, -0.2) is 35.1 Å². The zero-order chi connectivity index (χ0) is 13.7. The maximum atomic E-state index is 12.5. The fraction of sp³-hybridized carbons (Fsp3) is 0.533. The fourth-order valence-corrected chi connectivity index (χ4v) is 3.25. The van der Waals surface area contributed by atoms with E-state index in [1.165, 1.54) is 17.8 Å². The van der Waals surface area contributed by atoms with Crippen LogP contribution in [0.1, 0.15) is 47.8 Å². The first-order valence-corrected chi connectivity index (χ1v) is 7.63. The Morgan fingerprint density at radius 3 is 3.16 bits per heavy atom. The van der Waals surface area contributed by atoms with E-state index >= 15 is 0 Å². The van der Waals surface area contributed by atoms with E-state index in [9.17, 15) is 4.79 Å². The molecule has 4 heteroatoms. The minimum atomic E-state index is -0.148. The molecule has 0 aliphatic carbocycles. The van der Waals surface area contributed by atoms with Gasteiger partial charge in [-0.05, 0) is 31.7 Å². The van der Waals surface area contributed by atoms with Crippen LogP contribution in [0.5, 0.6) is 0 Å². The van der Waals surface area contributed by atoms with Crippen LogP contribution in [0.3, 0.4) is 0 Å². The van der Waals surface area contributed by atoms with Crippen molar-refractivity contribution in [3.05, 3.63) is 21.9 Å². The summed E-state index contributed by atoms with van der Waals surface area (Å²) in [5.41, 5.74) is 0.729. The van der Waals surface area contributed by atoms with Crippen LogP contribution in [0.25, 0.3) is 0 Å². The van der Waals surface area contributed by atoms with Gasteiger partial charge >= 0.3 is 0 Å². The number of carbonyl (C=O) groups excluding carboxylic acids is 1. The maximum Gasteiger partial charge on any atom is 0.254 e. The zero-order valence-corrected chi connectivity index (χ0v) is 12.0. The Hall–Kier alpha value is -1.31. The molecule has 1 N–H and O–H groups in total. The predicted octanol–water partition coefficient (Wildman–Crippen LogP) is 2.50. The number of thiophene rings is 1. The van der Waals surface area contributed by atoms with Crippen molar-refractivity contribution < 1.29 is 9.90 Å². The van der Waals surface area contributed by atoms with Gasteiger partial charge < -0.3 is 10.0 Å². The number of nitrogens with zero attached hydrogens (tertiary/aromatic N) is 1. The molecule has 0 bridgehead atoms. The largest absolute Gasteiger partial charge is 0.384 e. The number of amides is 1. The van der Waals surface area contributed by atoms with Crippen LogP contribution in [0.4, 0.5) is 0 Å². The van der Waals surface area contributed by atoms with Gasteiger partial charge in [-0.15, -0.1) is 11.3 Å². The van der Waals surface area contributed by atoms with E-state index in [2.05, 4.69) is 18.8 Å². The van der Waals surface area contributed by atoms with Crippen molar-refractivity contribution in [3.8, 4) is 11.8 Å². The molecule has 1 aromatic rings. The maximum absolute atomic E-state index is 12.5. The molecule has 1 atom stereocenters. The molecule has 1 unspecified atom stereocenters. The fourth-order valence-electron chi connectivity index (χ4n) is 2.50. The van der Waals surface area contributed by atoms with Crippen LogP contribution >= 0.6 is 11.3 Å². The van der Waals surface area contributed by atoms with Crippen molar-refractivity contribution >= 4 is 17.2 Å². The van der Waals surface area contributed by atoms with Crippen molar-refractivity contribution in [2.45, 2.75) is 38.6 Å². The summed E-state index contributed by atoms with van der Waals surface area (Å²) < 4.78 is 0. The monoisotopic (exact) mass is 277 g/mol. The third kappa shape index (κ3) is 3.37. The molecule has 1 amide bonds. The summed E-state index contributed by atoms with van der Waals surface area (Å²) in [6.07, 6.45) is 4.46. The number of aliphatic hydroxyl groups is 1. The van der Waals surface area contributed by atoms with E-state index < -0.39 is 0 Å². The highest BCUT2D eigenvalue weighted by Gasteiger charge is 2.26. The lowest BCUT2D eigenvalue weighted by atomic mass is 9.99. The summed E-state index contributed by atoms with van der Waals surface area (Å²) in [6, 6.07) is 2.21. The van der Waals surface area contributed by atoms with Crippen molar-refractivity contribution in [2.24, 2.45) is 0 Å². The molecule has 0 aromatic carbocycles. The summed E-state index contributed by atoms with van der Waals surface area (Å²) in [4.78, 5) is 15.3. The molecule has 3 nitrogen and oxygen atoms in total. The normalized spacial score (nSPS) is 18.8. The van der Waals surface area contributed by atoms with Crippen LogP contribution in [0, 0.1) is 11.8 Å². The number of piperidine rings is 1. The summed E-state index contributed by atoms with van der Waals surface area (Å²) in [5, 5.41) is 10.5. The SMILES string of the molecule is CCC1CCCCN1C(=O)c1csc(C#CCO)c1. The van der Waals surface area contributed by atoms with Crippen molar-refractivity contribution in [1.29, 1.82) is 0 Å². The molecular formula is C15H19NO2S. The highest BCUT2D eigenvalue weighted by atomic mass is 32.1. The highest BCUT2D eigenvalue weighted by molar-refractivity contribution is 7.10. The number of aliphatic hydroxyl groups excluding tert-OH is 1. The smallest absolute Gasteiger partial charge is 0.254 e. The molecular weight excluding hydrogens is 258 g/mol. The highest BCUT2D eigenvalue weighted by Crippen LogP contribution is 2.23. The molecule has 19 heavy (non-hydrogen) atoms. The van der Waals surface area contributed by atoms with E-state index in [-0.39, 0.29) is 12.5 Å². The van der Waals surface area contributed by atoms with Crippen LogP contribution < -0.4 is 0 Å². The lowest BCUT2D eigenvalue weighted by Crippen LogP contribution is -2.43. The second-order valence-corrected chi connectivity index (χ2v) is 5.63. The van der Waals surface area contributed by atoms with Gasteiger partial charge in [0.15, 0.2) is 0 Å². The summed E-state index contributed by atoms with van der Waals surface area (Å²) in [7, 11) is 0. The van der Waals surface area contributed by atoms with E-state index in [0.717, 1.165) is 36.2 Å². The van der Waals surface area contributed by atoms with E-state index in [4.69, 9.17) is 5.11 Å². The molecule has 0 saturated carbocycles. The van der Waals surface area contributed by atoms with Crippen LogP contribution in [-0.2, 0) is 0 Å². The molecule has 1 saturated heterocycles. The Kier molecular flexibility index (Phi) is 5.00. The first-order valence-electron chi connectivity index (χ1n) is 6.75. The van der Waals surface area contributed by atoms with Gasteiger partial charge in [0, 0.05) is 18.0 Å². The zero-order valence-electron chi connectivity index (χ0n) is 11.2. The summed E-state index contributed by atoms with van der Waals surface area (Å²) >= 11 is 1.46. The molecule has 1 aromatic heterocycles. The van der Waals surface area contributed by atoms with Crippen LogP contribution in [0.2, 0.25) is 0 Å². The standard InChI is InChI=1S/C15H19NO2S/c1-2-13-6-3-4-8-16(13)15(18)12-10-14(19-11-12)7-5-9-17/h10-11,13,17H,2-4,6,8-9H2,1H3. The predicted molar refractivity (Wildman–Crippen MR) is 77.2 cm³/mol. The van der Waals surface area contributed by atoms with Gasteiger partial charge in [-0.2, -0.15) is 0 Å². The van der Waals surface area contributed by atoms with Gasteiger partial charge in [-0.1, -0.05) is 18.8 Å². The Morgan fingerprint density at radius 1 is 1.58 bits per heavy atom. The molecule has 0 spiro atoms. The van der Waals surface area contributed by atoms with Gasteiger partial charge in [0.05, 0.1) is 10.4 Å². The topological polar surface area (TPSA) is 40.5 Å². The van der Waals surface area contributed by atoms with Crippen LogP contribution in [0.15, 0.2) is 11.4 Å². The van der Waals surface area contributed by atoms with Crippen molar-refractivity contribution in [2.75, 3.05) is 13.2 Å². The number of likely N-dealkylation sites (tertiary alicyclic amines) is 1. The van der Waals surface area contributed by atoms with E-state index in [0.29, 0.717) is 6.04 Å². The Balaban J connectivity index is 2.12. The first-order chi connectivity index (χ1) is 9.26. The molecule has 2 heterocycles. The quantitative estimate of drug-likeness (QED) is 0.844. The average molecular weight is 277 g/mol.